The van der Waals surface area contributed by atoms with Crippen LogP contribution in [0.2, 0.25) is 0 Å². The minimum atomic E-state index is -0.467. The molecule has 7 nitrogen and oxygen atoms in total. The van der Waals surface area contributed by atoms with Gasteiger partial charge in [0, 0.05) is 35.3 Å². The number of halogens is 1. The van der Waals surface area contributed by atoms with E-state index in [1.165, 1.54) is 17.4 Å². The topological polar surface area (TPSA) is 80.1 Å². The Morgan fingerprint density at radius 3 is 2.71 bits per heavy atom. The van der Waals surface area contributed by atoms with Gasteiger partial charge in [0.15, 0.2) is 0 Å². The standard InChI is InChI=1S/C32H26FN5O2S/c1-19-6-4-8-23(33)28(19)36-31(39)26-18-21-14-16-37(25-10-3-2-7-22(25)29(21)41-26)32(40)24-9-5-11-27(35-24)38-17-15-34-30(38)20-12-13-20/h2-11,15,17-18,20H,12-14,16H2,1H3,(H,36,39). The number of para-hydroxylation sites is 2. The van der Waals surface area contributed by atoms with Gasteiger partial charge in [-0.25, -0.2) is 14.4 Å². The number of imidazole rings is 1. The number of nitrogens with zero attached hydrogens (tertiary/aromatic N) is 4. The zero-order valence-electron chi connectivity index (χ0n) is 22.3. The summed E-state index contributed by atoms with van der Waals surface area (Å²) in [5, 5.41) is 2.74. The summed E-state index contributed by atoms with van der Waals surface area (Å²) in [6.07, 6.45) is 6.47. The van der Waals surface area contributed by atoms with Gasteiger partial charge in [0.2, 0.25) is 0 Å². The molecule has 3 aromatic heterocycles. The van der Waals surface area contributed by atoms with Crippen molar-refractivity contribution in [3.63, 3.8) is 0 Å². The summed E-state index contributed by atoms with van der Waals surface area (Å²) in [4.78, 5) is 39.5. The number of amides is 2. The third-order valence-electron chi connectivity index (χ3n) is 7.59. The average molecular weight is 564 g/mol. The van der Waals surface area contributed by atoms with Crippen LogP contribution >= 0.6 is 11.3 Å². The fourth-order valence-electron chi connectivity index (χ4n) is 5.35. The molecule has 9 heteroatoms. The van der Waals surface area contributed by atoms with E-state index in [4.69, 9.17) is 4.98 Å². The molecule has 1 N–H and O–H groups in total. The Balaban J connectivity index is 1.19. The van der Waals surface area contributed by atoms with Gasteiger partial charge in [-0.2, -0.15) is 0 Å². The Labute approximate surface area is 240 Å². The van der Waals surface area contributed by atoms with Crippen molar-refractivity contribution in [1.29, 1.82) is 0 Å². The lowest BCUT2D eigenvalue weighted by Gasteiger charge is -2.23. The fraction of sp³-hybridized carbons (Fsp3) is 0.188. The van der Waals surface area contributed by atoms with Crippen LogP contribution in [0.4, 0.5) is 15.8 Å². The molecule has 0 spiro atoms. The zero-order valence-corrected chi connectivity index (χ0v) is 23.1. The number of aryl methyl sites for hydroxylation is 1. The van der Waals surface area contributed by atoms with E-state index in [0.717, 1.165) is 40.4 Å². The number of aromatic nitrogens is 3. The third kappa shape index (κ3) is 4.62. The highest BCUT2D eigenvalue weighted by Crippen LogP contribution is 2.42. The van der Waals surface area contributed by atoms with Crippen LogP contribution in [0.15, 0.2) is 79.1 Å². The van der Waals surface area contributed by atoms with Crippen LogP contribution in [0.3, 0.4) is 0 Å². The van der Waals surface area contributed by atoms with Crippen LogP contribution in [0.25, 0.3) is 16.3 Å². The number of hydrogen-bond acceptors (Lipinski definition) is 5. The molecule has 41 heavy (non-hydrogen) atoms. The Morgan fingerprint density at radius 2 is 1.88 bits per heavy atom. The van der Waals surface area contributed by atoms with Crippen LogP contribution in [0, 0.1) is 12.7 Å². The smallest absolute Gasteiger partial charge is 0.276 e. The summed E-state index contributed by atoms with van der Waals surface area (Å²) in [5.41, 5.74) is 3.82. The van der Waals surface area contributed by atoms with E-state index in [1.807, 2.05) is 53.2 Å². The predicted octanol–water partition coefficient (Wildman–Crippen LogP) is 6.78. The normalized spacial score (nSPS) is 14.2. The number of rotatable bonds is 5. The second kappa shape index (κ2) is 10.1. The van der Waals surface area contributed by atoms with Gasteiger partial charge in [-0.05, 0) is 67.6 Å². The highest BCUT2D eigenvalue weighted by atomic mass is 32.1. The Bertz CT molecular complexity index is 1800. The second-order valence-corrected chi connectivity index (χ2v) is 11.4. The van der Waals surface area contributed by atoms with Crippen LogP contribution in [0.1, 0.15) is 55.9 Å². The Hall–Kier alpha value is -4.63. The molecule has 0 unspecified atom stereocenters. The van der Waals surface area contributed by atoms with E-state index in [0.29, 0.717) is 40.8 Å². The van der Waals surface area contributed by atoms with E-state index < -0.39 is 5.82 Å². The number of anilines is 2. The summed E-state index contributed by atoms with van der Waals surface area (Å²) >= 11 is 1.35. The molecule has 1 aliphatic carbocycles. The first-order valence-electron chi connectivity index (χ1n) is 13.6. The highest BCUT2D eigenvalue weighted by molar-refractivity contribution is 7.17. The SMILES string of the molecule is Cc1cccc(F)c1NC(=O)c1cc2c(s1)-c1ccccc1N(C(=O)c1cccc(-n3ccnc3C3CC3)n1)CC2. The molecule has 1 aliphatic heterocycles. The first-order chi connectivity index (χ1) is 20.0. The summed E-state index contributed by atoms with van der Waals surface area (Å²) in [6.45, 7) is 2.19. The second-order valence-electron chi connectivity index (χ2n) is 10.4. The highest BCUT2D eigenvalue weighted by Gasteiger charge is 2.30. The van der Waals surface area contributed by atoms with Gasteiger partial charge in [0.05, 0.1) is 16.3 Å². The number of hydrogen-bond donors (Lipinski definition) is 1. The van der Waals surface area contributed by atoms with Crippen molar-refractivity contribution in [3.8, 4) is 16.3 Å². The average Bonchev–Trinajstić information content (AvgIpc) is 3.59. The maximum absolute atomic E-state index is 14.4. The van der Waals surface area contributed by atoms with Crippen molar-refractivity contribution < 1.29 is 14.0 Å². The van der Waals surface area contributed by atoms with Crippen molar-refractivity contribution in [1.82, 2.24) is 14.5 Å². The lowest BCUT2D eigenvalue weighted by Crippen LogP contribution is -2.33. The maximum Gasteiger partial charge on any atom is 0.276 e. The number of carbonyl (C=O) groups excluding carboxylic acids is 2. The molecule has 204 valence electrons. The van der Waals surface area contributed by atoms with Crippen LogP contribution in [-0.4, -0.2) is 32.9 Å². The predicted molar refractivity (Wildman–Crippen MR) is 158 cm³/mol. The molecule has 4 heterocycles. The molecular formula is C32H26FN5O2S. The van der Waals surface area contributed by atoms with Crippen molar-refractivity contribution in [2.45, 2.75) is 32.1 Å². The first kappa shape index (κ1) is 25.3. The van der Waals surface area contributed by atoms with Crippen LogP contribution in [-0.2, 0) is 6.42 Å². The lowest BCUT2D eigenvalue weighted by molar-refractivity contribution is 0.0981. The molecule has 0 atom stereocenters. The Morgan fingerprint density at radius 1 is 1.05 bits per heavy atom. The van der Waals surface area contributed by atoms with Gasteiger partial charge in [0.25, 0.3) is 11.8 Å². The minimum absolute atomic E-state index is 0.185. The van der Waals surface area contributed by atoms with Crippen molar-refractivity contribution in [2.75, 3.05) is 16.8 Å². The molecule has 0 radical (unpaired) electrons. The largest absolute Gasteiger partial charge is 0.319 e. The fourth-order valence-corrected chi connectivity index (χ4v) is 6.49. The van der Waals surface area contributed by atoms with Crippen molar-refractivity contribution in [2.24, 2.45) is 0 Å². The Kier molecular flexibility index (Phi) is 6.23. The molecule has 7 rings (SSSR count). The quantitative estimate of drug-likeness (QED) is 0.256. The van der Waals surface area contributed by atoms with E-state index in [-0.39, 0.29) is 17.5 Å². The number of benzene rings is 2. The summed E-state index contributed by atoms with van der Waals surface area (Å²) in [5.74, 6) is 1.11. The first-order valence-corrected chi connectivity index (χ1v) is 14.4. The van der Waals surface area contributed by atoms with Gasteiger partial charge in [-0.3, -0.25) is 14.2 Å². The number of thiophene rings is 1. The molecule has 2 aromatic carbocycles. The van der Waals surface area contributed by atoms with Crippen LogP contribution < -0.4 is 10.2 Å². The summed E-state index contributed by atoms with van der Waals surface area (Å²) in [7, 11) is 0. The van der Waals surface area contributed by atoms with Gasteiger partial charge < -0.3 is 10.2 Å². The van der Waals surface area contributed by atoms with E-state index in [1.54, 1.807) is 36.2 Å². The van der Waals surface area contributed by atoms with E-state index in [9.17, 15) is 14.0 Å². The molecule has 0 bridgehead atoms. The summed E-state index contributed by atoms with van der Waals surface area (Å²) < 4.78 is 16.3. The lowest BCUT2D eigenvalue weighted by atomic mass is 10.1. The third-order valence-corrected chi connectivity index (χ3v) is 8.80. The molecule has 5 aromatic rings. The van der Waals surface area contributed by atoms with Crippen molar-refractivity contribution >= 4 is 34.5 Å². The van der Waals surface area contributed by atoms with Gasteiger partial charge in [-0.15, -0.1) is 11.3 Å². The number of nitrogens with one attached hydrogen (secondary N) is 1. The number of pyridine rings is 1. The van der Waals surface area contributed by atoms with Gasteiger partial charge in [0.1, 0.15) is 23.2 Å². The van der Waals surface area contributed by atoms with Crippen LogP contribution in [0.5, 0.6) is 0 Å². The van der Waals surface area contributed by atoms with Gasteiger partial charge >= 0.3 is 0 Å². The molecule has 1 saturated carbocycles. The number of carbonyl (C=O) groups is 2. The van der Waals surface area contributed by atoms with Gasteiger partial charge in [-0.1, -0.05) is 36.4 Å². The maximum atomic E-state index is 14.4. The zero-order chi connectivity index (χ0) is 28.1. The van der Waals surface area contributed by atoms with Crippen molar-refractivity contribution in [3.05, 3.63) is 112 Å². The number of fused-ring (bicyclic) bond motifs is 3. The summed E-state index contributed by atoms with van der Waals surface area (Å²) in [6, 6.07) is 19.8. The molecule has 0 saturated heterocycles. The molecule has 2 amide bonds. The van der Waals surface area contributed by atoms with E-state index in [2.05, 4.69) is 10.3 Å². The van der Waals surface area contributed by atoms with E-state index >= 15 is 0 Å². The minimum Gasteiger partial charge on any atom is -0.319 e. The molecular weight excluding hydrogens is 537 g/mol. The monoisotopic (exact) mass is 563 g/mol. The molecule has 2 aliphatic rings. The molecule has 1 fully saturated rings.